The minimum absolute atomic E-state index is 0.0919. The predicted molar refractivity (Wildman–Crippen MR) is 78.1 cm³/mol. The summed E-state index contributed by atoms with van der Waals surface area (Å²) >= 11 is 0. The lowest BCUT2D eigenvalue weighted by Gasteiger charge is -2.36. The second-order valence-electron chi connectivity index (χ2n) is 5.45. The number of nitrogens with zero attached hydrogens (tertiary/aromatic N) is 1. The van der Waals surface area contributed by atoms with Gasteiger partial charge < -0.3 is 10.6 Å². The van der Waals surface area contributed by atoms with Gasteiger partial charge in [0.05, 0.1) is 6.54 Å². The summed E-state index contributed by atoms with van der Waals surface area (Å²) in [6, 6.07) is 6.49. The summed E-state index contributed by atoms with van der Waals surface area (Å²) in [6.07, 6.45) is 1.05. The molecule has 0 spiro atoms. The van der Waals surface area contributed by atoms with Crippen LogP contribution in [0.4, 0.5) is 10.1 Å². The predicted octanol–water partition coefficient (Wildman–Crippen LogP) is 1.69. The molecule has 1 aromatic rings. The second-order valence-corrected chi connectivity index (χ2v) is 5.45. The van der Waals surface area contributed by atoms with E-state index >= 15 is 0 Å². The topological polar surface area (TPSA) is 44.4 Å². The van der Waals surface area contributed by atoms with Gasteiger partial charge in [-0.25, -0.2) is 4.39 Å². The number of carbonyl (C=O) groups is 1. The molecule has 2 rings (SSSR count). The standard InChI is InChI=1S/C15H22FN3O/c1-11-9-19(7-6-14(11)17-2)10-15(20)18-13-5-3-4-12(16)8-13/h3-5,8,11,14,17H,6-7,9-10H2,1-2H3,(H,18,20). The molecule has 1 amide bonds. The van der Waals surface area contributed by atoms with E-state index in [1.165, 1.54) is 12.1 Å². The van der Waals surface area contributed by atoms with E-state index in [0.29, 0.717) is 24.2 Å². The first-order chi connectivity index (χ1) is 9.58. The van der Waals surface area contributed by atoms with Gasteiger partial charge in [-0.15, -0.1) is 0 Å². The van der Waals surface area contributed by atoms with Crippen molar-refractivity contribution in [2.24, 2.45) is 5.92 Å². The van der Waals surface area contributed by atoms with E-state index in [9.17, 15) is 9.18 Å². The number of benzene rings is 1. The van der Waals surface area contributed by atoms with Crippen molar-refractivity contribution in [1.29, 1.82) is 0 Å². The van der Waals surface area contributed by atoms with Crippen molar-refractivity contribution in [3.8, 4) is 0 Å². The van der Waals surface area contributed by atoms with Crippen molar-refractivity contribution in [2.45, 2.75) is 19.4 Å². The zero-order chi connectivity index (χ0) is 14.5. The maximum Gasteiger partial charge on any atom is 0.238 e. The molecule has 1 saturated heterocycles. The highest BCUT2D eigenvalue weighted by molar-refractivity contribution is 5.92. The van der Waals surface area contributed by atoms with Crippen LogP contribution in [0.15, 0.2) is 24.3 Å². The van der Waals surface area contributed by atoms with Gasteiger partial charge in [-0.3, -0.25) is 9.69 Å². The van der Waals surface area contributed by atoms with Crippen molar-refractivity contribution in [3.05, 3.63) is 30.1 Å². The Balaban J connectivity index is 1.83. The summed E-state index contributed by atoms with van der Waals surface area (Å²) in [5.41, 5.74) is 0.508. The highest BCUT2D eigenvalue weighted by Gasteiger charge is 2.25. The first-order valence-electron chi connectivity index (χ1n) is 7.03. The molecule has 0 saturated carbocycles. The Morgan fingerprint density at radius 1 is 1.50 bits per heavy atom. The molecule has 20 heavy (non-hydrogen) atoms. The highest BCUT2D eigenvalue weighted by atomic mass is 19.1. The van der Waals surface area contributed by atoms with Gasteiger partial charge >= 0.3 is 0 Å². The SMILES string of the molecule is CNC1CCN(CC(=O)Nc2cccc(F)c2)CC1C. The molecule has 1 aliphatic heterocycles. The molecule has 110 valence electrons. The number of rotatable bonds is 4. The lowest BCUT2D eigenvalue weighted by atomic mass is 9.94. The van der Waals surface area contributed by atoms with Gasteiger partial charge in [0.2, 0.25) is 5.91 Å². The van der Waals surface area contributed by atoms with E-state index in [2.05, 4.69) is 22.5 Å². The molecule has 1 aliphatic rings. The van der Waals surface area contributed by atoms with Gasteiger partial charge in [-0.1, -0.05) is 13.0 Å². The lowest BCUT2D eigenvalue weighted by molar-refractivity contribution is -0.117. The Morgan fingerprint density at radius 3 is 2.95 bits per heavy atom. The number of carbonyl (C=O) groups excluding carboxylic acids is 1. The molecule has 0 bridgehead atoms. The molecule has 2 N–H and O–H groups in total. The van der Waals surface area contributed by atoms with Crippen molar-refractivity contribution in [3.63, 3.8) is 0 Å². The minimum atomic E-state index is -0.341. The van der Waals surface area contributed by atoms with Gasteiger partial charge in [0.15, 0.2) is 0 Å². The van der Waals surface area contributed by atoms with Crippen LogP contribution in [0.2, 0.25) is 0 Å². The van der Waals surface area contributed by atoms with E-state index in [4.69, 9.17) is 0 Å². The molecule has 2 atom stereocenters. The normalized spacial score (nSPS) is 23.6. The molecule has 0 aromatic heterocycles. The monoisotopic (exact) mass is 279 g/mol. The lowest BCUT2D eigenvalue weighted by Crippen LogP contribution is -2.49. The summed E-state index contributed by atoms with van der Waals surface area (Å²) in [6.45, 7) is 4.36. The zero-order valence-electron chi connectivity index (χ0n) is 12.0. The molecular weight excluding hydrogens is 257 g/mol. The number of anilines is 1. The molecule has 0 radical (unpaired) electrons. The third kappa shape index (κ3) is 4.02. The van der Waals surface area contributed by atoms with E-state index in [0.717, 1.165) is 19.5 Å². The van der Waals surface area contributed by atoms with E-state index in [1.54, 1.807) is 12.1 Å². The van der Waals surface area contributed by atoms with Crippen LogP contribution in [0.5, 0.6) is 0 Å². The van der Waals surface area contributed by atoms with Crippen LogP contribution in [-0.4, -0.2) is 43.5 Å². The molecule has 2 unspecified atom stereocenters. The van der Waals surface area contributed by atoms with Gasteiger partial charge in [0, 0.05) is 24.8 Å². The van der Waals surface area contributed by atoms with Crippen molar-refractivity contribution >= 4 is 11.6 Å². The number of nitrogens with one attached hydrogen (secondary N) is 2. The smallest absolute Gasteiger partial charge is 0.238 e. The van der Waals surface area contributed by atoms with Crippen LogP contribution < -0.4 is 10.6 Å². The van der Waals surface area contributed by atoms with Crippen LogP contribution in [0.1, 0.15) is 13.3 Å². The number of amides is 1. The Kier molecular flexibility index (Phi) is 5.09. The molecule has 4 nitrogen and oxygen atoms in total. The molecule has 0 aliphatic carbocycles. The number of hydrogen-bond acceptors (Lipinski definition) is 3. The van der Waals surface area contributed by atoms with Gasteiger partial charge in [0.25, 0.3) is 0 Å². The summed E-state index contributed by atoms with van der Waals surface area (Å²) in [7, 11) is 1.98. The minimum Gasteiger partial charge on any atom is -0.325 e. The average Bonchev–Trinajstić information content (AvgIpc) is 2.38. The fourth-order valence-electron chi connectivity index (χ4n) is 2.77. The Labute approximate surface area is 119 Å². The fourth-order valence-corrected chi connectivity index (χ4v) is 2.77. The largest absolute Gasteiger partial charge is 0.325 e. The van der Waals surface area contributed by atoms with Gasteiger partial charge in [-0.2, -0.15) is 0 Å². The first-order valence-corrected chi connectivity index (χ1v) is 7.03. The first kappa shape index (κ1) is 14.9. The van der Waals surface area contributed by atoms with Crippen LogP contribution in [0, 0.1) is 11.7 Å². The van der Waals surface area contributed by atoms with Crippen molar-refractivity contribution in [1.82, 2.24) is 10.2 Å². The Bertz CT molecular complexity index is 466. The van der Waals surface area contributed by atoms with Crippen molar-refractivity contribution in [2.75, 3.05) is 32.0 Å². The van der Waals surface area contributed by atoms with Crippen LogP contribution in [-0.2, 0) is 4.79 Å². The maximum absolute atomic E-state index is 13.0. The summed E-state index contributed by atoms with van der Waals surface area (Å²) < 4.78 is 13.0. The molecular formula is C15H22FN3O. The van der Waals surface area contributed by atoms with Gasteiger partial charge in [-0.05, 0) is 37.6 Å². The molecule has 1 heterocycles. The van der Waals surface area contributed by atoms with Crippen LogP contribution >= 0.6 is 0 Å². The Hall–Kier alpha value is -1.46. The molecule has 1 fully saturated rings. The van der Waals surface area contributed by atoms with E-state index in [1.807, 2.05) is 7.05 Å². The average molecular weight is 279 g/mol. The van der Waals surface area contributed by atoms with Crippen LogP contribution in [0.3, 0.4) is 0 Å². The zero-order valence-corrected chi connectivity index (χ0v) is 12.0. The fraction of sp³-hybridized carbons (Fsp3) is 0.533. The number of likely N-dealkylation sites (tertiary alicyclic amines) is 1. The van der Waals surface area contributed by atoms with E-state index < -0.39 is 0 Å². The van der Waals surface area contributed by atoms with Gasteiger partial charge in [0.1, 0.15) is 5.82 Å². The highest BCUT2D eigenvalue weighted by Crippen LogP contribution is 2.16. The number of hydrogen-bond donors (Lipinski definition) is 2. The number of piperidine rings is 1. The summed E-state index contributed by atoms with van der Waals surface area (Å²) in [4.78, 5) is 14.1. The second kappa shape index (κ2) is 6.81. The van der Waals surface area contributed by atoms with E-state index in [-0.39, 0.29) is 11.7 Å². The number of halogens is 1. The maximum atomic E-state index is 13.0. The Morgan fingerprint density at radius 2 is 2.30 bits per heavy atom. The third-order valence-corrected chi connectivity index (χ3v) is 3.84. The van der Waals surface area contributed by atoms with Crippen molar-refractivity contribution < 1.29 is 9.18 Å². The quantitative estimate of drug-likeness (QED) is 0.881. The summed E-state index contributed by atoms with van der Waals surface area (Å²) in [5, 5.41) is 6.04. The van der Waals surface area contributed by atoms with Crippen LogP contribution in [0.25, 0.3) is 0 Å². The molecule has 1 aromatic carbocycles. The third-order valence-electron chi connectivity index (χ3n) is 3.84. The summed E-state index contributed by atoms with van der Waals surface area (Å²) in [5.74, 6) is 0.0904. The molecule has 5 heteroatoms.